The molecule has 0 aromatic rings. The van der Waals surface area contributed by atoms with Crippen LogP contribution in [0.4, 0.5) is 0 Å². The molecule has 2 heteroatoms. The van der Waals surface area contributed by atoms with Crippen molar-refractivity contribution in [2.24, 2.45) is 10.8 Å². The second kappa shape index (κ2) is 3.11. The highest BCUT2D eigenvalue weighted by Gasteiger charge is 2.83. The minimum atomic E-state index is -0.682. The summed E-state index contributed by atoms with van der Waals surface area (Å²) in [6.45, 7) is 1.98. The minimum absolute atomic E-state index is 0.256. The van der Waals surface area contributed by atoms with Crippen LogP contribution in [0.5, 0.6) is 0 Å². The lowest BCUT2D eigenvalue weighted by Crippen LogP contribution is -2.17. The van der Waals surface area contributed by atoms with Crippen LogP contribution in [0.25, 0.3) is 22.8 Å². The molecule has 21 heavy (non-hydrogen) atoms. The van der Waals surface area contributed by atoms with Crippen molar-refractivity contribution in [2.75, 3.05) is 0 Å². The van der Waals surface area contributed by atoms with Gasteiger partial charge in [-0.2, -0.15) is 0 Å². The molecule has 1 saturated carbocycles. The summed E-state index contributed by atoms with van der Waals surface area (Å²) in [6, 6.07) is 12.6. The Bertz CT molecular complexity index is 873. The topological polar surface area (TPSA) is 37.3 Å². The first-order valence-electron chi connectivity index (χ1n) is 7.38. The average molecular weight is 274 g/mol. The van der Waals surface area contributed by atoms with Crippen LogP contribution in [0.2, 0.25) is 0 Å². The number of allylic oxidation sites excluding steroid dienone is 2. The average Bonchev–Trinajstić information content (AvgIpc) is 3.29. The van der Waals surface area contributed by atoms with Gasteiger partial charge in [-0.05, 0) is 39.8 Å². The van der Waals surface area contributed by atoms with E-state index in [1.807, 2.05) is 6.92 Å². The Labute approximate surface area is 122 Å². The van der Waals surface area contributed by atoms with Crippen molar-refractivity contribution in [3.05, 3.63) is 59.2 Å². The molecule has 2 unspecified atom stereocenters. The van der Waals surface area contributed by atoms with Gasteiger partial charge in [0.1, 0.15) is 5.41 Å². The number of aliphatic carboxylic acids is 1. The molecular weight excluding hydrogens is 260 g/mol. The molecule has 2 atom stereocenters. The largest absolute Gasteiger partial charge is 0.481 e. The van der Waals surface area contributed by atoms with Crippen molar-refractivity contribution in [1.29, 1.82) is 0 Å². The molecule has 0 bridgehead atoms. The molecule has 1 fully saturated rings. The minimum Gasteiger partial charge on any atom is -0.481 e. The second-order valence-electron chi connectivity index (χ2n) is 6.24. The third-order valence-electron chi connectivity index (χ3n) is 5.64. The van der Waals surface area contributed by atoms with Gasteiger partial charge in [-0.15, -0.1) is 0 Å². The normalized spacial score (nSPS) is 30.7. The Balaban J connectivity index is 1.81. The standard InChI is InChI=1S/C19H14O2/c1-2-18(17(20)21)16-9-14-12-7-3-5-11(12)6-4-8-13(14)15-10-19(15,16)18/h3-10H,2H2,1H3,(H,20,21). The van der Waals surface area contributed by atoms with Gasteiger partial charge >= 0.3 is 5.97 Å². The Morgan fingerprint density at radius 2 is 1.86 bits per heavy atom. The van der Waals surface area contributed by atoms with E-state index in [0.29, 0.717) is 6.42 Å². The molecule has 5 aliphatic rings. The van der Waals surface area contributed by atoms with Crippen LogP contribution in [-0.4, -0.2) is 11.1 Å². The van der Waals surface area contributed by atoms with Crippen molar-refractivity contribution in [1.82, 2.24) is 0 Å². The maximum absolute atomic E-state index is 11.9. The van der Waals surface area contributed by atoms with E-state index in [1.165, 1.54) is 27.8 Å². The fourth-order valence-corrected chi connectivity index (χ4v) is 4.54. The first-order valence-corrected chi connectivity index (χ1v) is 7.38. The van der Waals surface area contributed by atoms with E-state index in [1.54, 1.807) is 0 Å². The zero-order valence-electron chi connectivity index (χ0n) is 11.7. The van der Waals surface area contributed by atoms with Gasteiger partial charge in [0.05, 0.1) is 5.41 Å². The lowest BCUT2D eigenvalue weighted by Gasteiger charge is -2.09. The highest BCUT2D eigenvalue weighted by molar-refractivity contribution is 6.14. The van der Waals surface area contributed by atoms with Gasteiger partial charge in [0, 0.05) is 0 Å². The lowest BCUT2D eigenvalue weighted by atomic mass is 9.93. The van der Waals surface area contributed by atoms with E-state index in [4.69, 9.17) is 0 Å². The number of carbonyl (C=O) groups is 1. The fraction of sp³-hybridized carbons (Fsp3) is 0.211. The van der Waals surface area contributed by atoms with Gasteiger partial charge in [0.2, 0.25) is 0 Å². The third-order valence-corrected chi connectivity index (χ3v) is 5.64. The van der Waals surface area contributed by atoms with E-state index in [0.717, 1.165) is 5.57 Å². The highest BCUT2D eigenvalue weighted by atomic mass is 16.4. The molecule has 5 rings (SSSR count). The number of fused-ring (bicyclic) bond motifs is 4. The number of hydrogen-bond donors (Lipinski definition) is 1. The number of rotatable bonds is 2. The zero-order chi connectivity index (χ0) is 14.4. The van der Waals surface area contributed by atoms with Gasteiger partial charge < -0.3 is 5.11 Å². The molecule has 0 heterocycles. The van der Waals surface area contributed by atoms with Gasteiger partial charge in [0.15, 0.2) is 0 Å². The summed E-state index contributed by atoms with van der Waals surface area (Å²) >= 11 is 0. The predicted octanol–water partition coefficient (Wildman–Crippen LogP) is 4.07. The van der Waals surface area contributed by atoms with Crippen LogP contribution in [0, 0.1) is 10.8 Å². The molecular formula is C19H14O2. The number of carboxylic acid groups (broad SMARTS) is 1. The van der Waals surface area contributed by atoms with Crippen LogP contribution >= 0.6 is 0 Å². The summed E-state index contributed by atoms with van der Waals surface area (Å²) in [5.74, 6) is -0.682. The van der Waals surface area contributed by atoms with Crippen molar-refractivity contribution in [3.8, 4) is 11.1 Å². The van der Waals surface area contributed by atoms with Gasteiger partial charge in [-0.3, -0.25) is 4.79 Å². The quantitative estimate of drug-likeness (QED) is 0.896. The van der Waals surface area contributed by atoms with E-state index in [9.17, 15) is 9.90 Å². The van der Waals surface area contributed by atoms with E-state index in [2.05, 4.69) is 48.6 Å². The van der Waals surface area contributed by atoms with Gasteiger partial charge in [-0.1, -0.05) is 55.5 Å². The number of carboxylic acids is 1. The summed E-state index contributed by atoms with van der Waals surface area (Å²) in [5, 5.41) is 9.75. The van der Waals surface area contributed by atoms with Crippen molar-refractivity contribution >= 4 is 17.6 Å². The van der Waals surface area contributed by atoms with E-state index >= 15 is 0 Å². The molecule has 0 aromatic heterocycles. The van der Waals surface area contributed by atoms with Crippen LogP contribution in [-0.2, 0) is 4.79 Å². The first-order chi connectivity index (χ1) is 10.2. The fourth-order valence-electron chi connectivity index (χ4n) is 4.54. The SMILES string of the molecule is CCC1(C(=O)O)C2=Cc3c(cccc4cccc3-4)C3=CC321. The molecule has 5 aliphatic carbocycles. The molecule has 102 valence electrons. The molecule has 0 radical (unpaired) electrons. The van der Waals surface area contributed by atoms with Crippen LogP contribution < -0.4 is 0 Å². The van der Waals surface area contributed by atoms with Crippen molar-refractivity contribution in [2.45, 2.75) is 13.3 Å². The van der Waals surface area contributed by atoms with Gasteiger partial charge in [0.25, 0.3) is 0 Å². The molecule has 0 saturated heterocycles. The molecule has 1 spiro atoms. The molecule has 1 N–H and O–H groups in total. The summed E-state index contributed by atoms with van der Waals surface area (Å²) < 4.78 is 0. The first kappa shape index (κ1) is 11.3. The molecule has 0 aliphatic heterocycles. The molecule has 0 amide bonds. The van der Waals surface area contributed by atoms with Crippen molar-refractivity contribution in [3.63, 3.8) is 0 Å². The van der Waals surface area contributed by atoms with Crippen LogP contribution in [0.15, 0.2) is 48.0 Å². The summed E-state index contributed by atoms with van der Waals surface area (Å²) in [7, 11) is 0. The summed E-state index contributed by atoms with van der Waals surface area (Å²) in [6.07, 6.45) is 4.96. The van der Waals surface area contributed by atoms with Crippen LogP contribution in [0.1, 0.15) is 24.5 Å². The van der Waals surface area contributed by atoms with E-state index < -0.39 is 11.4 Å². The predicted molar refractivity (Wildman–Crippen MR) is 81.8 cm³/mol. The monoisotopic (exact) mass is 274 g/mol. The van der Waals surface area contributed by atoms with Crippen LogP contribution in [0.3, 0.4) is 0 Å². The smallest absolute Gasteiger partial charge is 0.315 e. The Morgan fingerprint density at radius 3 is 2.52 bits per heavy atom. The highest BCUT2D eigenvalue weighted by Crippen LogP contribution is 2.86. The summed E-state index contributed by atoms with van der Waals surface area (Å²) in [4.78, 5) is 11.9. The Morgan fingerprint density at radius 1 is 1.14 bits per heavy atom. The van der Waals surface area contributed by atoms with E-state index in [-0.39, 0.29) is 5.41 Å². The maximum atomic E-state index is 11.9. The lowest BCUT2D eigenvalue weighted by molar-refractivity contribution is -0.143. The van der Waals surface area contributed by atoms with Crippen molar-refractivity contribution < 1.29 is 9.90 Å². The second-order valence-corrected chi connectivity index (χ2v) is 6.24. The Kier molecular flexibility index (Phi) is 1.68. The molecule has 0 aromatic carbocycles. The zero-order valence-corrected chi connectivity index (χ0v) is 11.7. The Hall–Kier alpha value is -2.35. The third kappa shape index (κ3) is 0.973. The maximum Gasteiger partial charge on any atom is 0.315 e. The summed E-state index contributed by atoms with van der Waals surface area (Å²) in [5.41, 5.74) is 6.18. The van der Waals surface area contributed by atoms with Gasteiger partial charge in [-0.25, -0.2) is 0 Å². The number of hydrogen-bond acceptors (Lipinski definition) is 1. The molecule has 2 nitrogen and oxygen atoms in total.